The zero-order chi connectivity index (χ0) is 11.4. The van der Waals surface area contributed by atoms with E-state index in [1.54, 1.807) is 0 Å². The smallest absolute Gasteiger partial charge is 0.0210 e. The number of rotatable bonds is 4. The van der Waals surface area contributed by atoms with E-state index in [1.807, 2.05) is 0 Å². The van der Waals surface area contributed by atoms with Crippen molar-refractivity contribution in [1.29, 1.82) is 0 Å². The first-order valence-electron chi connectivity index (χ1n) is 6.25. The third-order valence-corrected chi connectivity index (χ3v) is 4.44. The third kappa shape index (κ3) is 2.86. The quantitative estimate of drug-likeness (QED) is 0.885. The molecule has 0 amide bonds. The van der Waals surface area contributed by atoms with Crippen molar-refractivity contribution in [2.45, 2.75) is 38.0 Å². The van der Waals surface area contributed by atoms with Crippen molar-refractivity contribution >= 4 is 15.9 Å². The fraction of sp³-hybridized carbons (Fsp3) is 0.571. The average Bonchev–Trinajstić information content (AvgIpc) is 2.80. The number of nitrogens with two attached hydrogens (primary N) is 1. The summed E-state index contributed by atoms with van der Waals surface area (Å²) >= 11 is 3.63. The lowest BCUT2D eigenvalue weighted by Crippen LogP contribution is -2.16. The molecule has 1 fully saturated rings. The van der Waals surface area contributed by atoms with Crippen molar-refractivity contribution in [3.8, 4) is 0 Å². The van der Waals surface area contributed by atoms with Crippen LogP contribution in [-0.4, -0.2) is 6.54 Å². The summed E-state index contributed by atoms with van der Waals surface area (Å²) in [5, 5.41) is 0. The lowest BCUT2D eigenvalue weighted by atomic mass is 9.88. The van der Waals surface area contributed by atoms with Gasteiger partial charge in [0.25, 0.3) is 0 Å². The minimum atomic E-state index is 0.527. The Labute approximate surface area is 107 Å². The minimum absolute atomic E-state index is 0.527. The van der Waals surface area contributed by atoms with E-state index in [0.29, 0.717) is 5.92 Å². The molecule has 1 saturated carbocycles. The number of benzene rings is 1. The molecule has 1 aromatic carbocycles. The maximum absolute atomic E-state index is 5.93. The molecule has 2 heteroatoms. The minimum Gasteiger partial charge on any atom is -0.330 e. The van der Waals surface area contributed by atoms with E-state index in [1.165, 1.54) is 42.1 Å². The van der Waals surface area contributed by atoms with Crippen LogP contribution in [0.25, 0.3) is 0 Å². The molecule has 1 atom stereocenters. The molecule has 88 valence electrons. The summed E-state index contributed by atoms with van der Waals surface area (Å²) in [5.74, 6) is 1.43. The summed E-state index contributed by atoms with van der Waals surface area (Å²) in [5.41, 5.74) is 7.32. The van der Waals surface area contributed by atoms with Crippen LogP contribution in [0.2, 0.25) is 0 Å². The van der Waals surface area contributed by atoms with Crippen molar-refractivity contribution in [2.75, 3.05) is 6.54 Å². The standard InChI is InChI=1S/C14H20BrN/c15-14-8-4-3-7-13(14)12(10-16)9-11-5-1-2-6-11/h3-4,7-8,11-12H,1-2,5-6,9-10,16H2. The van der Waals surface area contributed by atoms with Gasteiger partial charge in [0.1, 0.15) is 0 Å². The van der Waals surface area contributed by atoms with E-state index in [-0.39, 0.29) is 0 Å². The average molecular weight is 282 g/mol. The van der Waals surface area contributed by atoms with Crippen LogP contribution in [-0.2, 0) is 0 Å². The highest BCUT2D eigenvalue weighted by Crippen LogP contribution is 2.35. The number of hydrogen-bond donors (Lipinski definition) is 1. The molecule has 2 N–H and O–H groups in total. The molecule has 2 rings (SSSR count). The van der Waals surface area contributed by atoms with Crippen LogP contribution >= 0.6 is 15.9 Å². The van der Waals surface area contributed by atoms with Crippen LogP contribution in [0.4, 0.5) is 0 Å². The molecular weight excluding hydrogens is 262 g/mol. The van der Waals surface area contributed by atoms with Gasteiger partial charge < -0.3 is 5.73 Å². The van der Waals surface area contributed by atoms with Crippen molar-refractivity contribution in [3.05, 3.63) is 34.3 Å². The monoisotopic (exact) mass is 281 g/mol. The third-order valence-electron chi connectivity index (χ3n) is 3.72. The molecular formula is C14H20BrN. The fourth-order valence-electron chi connectivity index (χ4n) is 2.80. The van der Waals surface area contributed by atoms with Crippen LogP contribution in [0.1, 0.15) is 43.6 Å². The molecule has 0 heterocycles. The molecule has 1 aromatic rings. The zero-order valence-corrected chi connectivity index (χ0v) is 11.2. The first-order valence-corrected chi connectivity index (χ1v) is 7.05. The van der Waals surface area contributed by atoms with Gasteiger partial charge in [-0.05, 0) is 36.4 Å². The van der Waals surface area contributed by atoms with E-state index in [0.717, 1.165) is 12.5 Å². The highest BCUT2D eigenvalue weighted by atomic mass is 79.9. The van der Waals surface area contributed by atoms with Gasteiger partial charge in [0, 0.05) is 4.47 Å². The van der Waals surface area contributed by atoms with Gasteiger partial charge in [-0.3, -0.25) is 0 Å². The van der Waals surface area contributed by atoms with Gasteiger partial charge in [0.15, 0.2) is 0 Å². The zero-order valence-electron chi connectivity index (χ0n) is 9.66. The summed E-state index contributed by atoms with van der Waals surface area (Å²) in [6.45, 7) is 0.763. The van der Waals surface area contributed by atoms with Crippen LogP contribution in [0.3, 0.4) is 0 Å². The molecule has 1 aliphatic carbocycles. The maximum atomic E-state index is 5.93. The largest absolute Gasteiger partial charge is 0.330 e. The van der Waals surface area contributed by atoms with Gasteiger partial charge in [-0.15, -0.1) is 0 Å². The summed E-state index contributed by atoms with van der Waals surface area (Å²) in [4.78, 5) is 0. The Kier molecular flexibility index (Phi) is 4.42. The Balaban J connectivity index is 2.06. The molecule has 0 radical (unpaired) electrons. The van der Waals surface area contributed by atoms with Gasteiger partial charge >= 0.3 is 0 Å². The van der Waals surface area contributed by atoms with E-state index < -0.39 is 0 Å². The first-order chi connectivity index (χ1) is 7.81. The first kappa shape index (κ1) is 12.1. The number of halogens is 1. The summed E-state index contributed by atoms with van der Waals surface area (Å²) in [6.07, 6.45) is 6.90. The summed E-state index contributed by atoms with van der Waals surface area (Å²) in [6, 6.07) is 8.50. The lowest BCUT2D eigenvalue weighted by Gasteiger charge is -2.20. The second-order valence-electron chi connectivity index (χ2n) is 4.84. The molecule has 0 aromatic heterocycles. The predicted octanol–water partition coefficient (Wildman–Crippen LogP) is 4.07. The van der Waals surface area contributed by atoms with E-state index in [9.17, 15) is 0 Å². The predicted molar refractivity (Wildman–Crippen MR) is 72.5 cm³/mol. The summed E-state index contributed by atoms with van der Waals surface area (Å²) < 4.78 is 1.21. The van der Waals surface area contributed by atoms with Crippen molar-refractivity contribution < 1.29 is 0 Å². The van der Waals surface area contributed by atoms with Gasteiger partial charge in [-0.25, -0.2) is 0 Å². The second kappa shape index (κ2) is 5.83. The Morgan fingerprint density at radius 3 is 2.56 bits per heavy atom. The van der Waals surface area contributed by atoms with Crippen LogP contribution in [0.15, 0.2) is 28.7 Å². The van der Waals surface area contributed by atoms with Crippen molar-refractivity contribution in [3.63, 3.8) is 0 Å². The Morgan fingerprint density at radius 2 is 1.94 bits per heavy atom. The van der Waals surface area contributed by atoms with Crippen LogP contribution < -0.4 is 5.73 Å². The van der Waals surface area contributed by atoms with E-state index in [2.05, 4.69) is 40.2 Å². The van der Waals surface area contributed by atoms with Gasteiger partial charge in [-0.1, -0.05) is 59.8 Å². The maximum Gasteiger partial charge on any atom is 0.0210 e. The van der Waals surface area contributed by atoms with Crippen molar-refractivity contribution in [1.82, 2.24) is 0 Å². The molecule has 16 heavy (non-hydrogen) atoms. The molecule has 1 aliphatic rings. The molecule has 0 spiro atoms. The highest BCUT2D eigenvalue weighted by molar-refractivity contribution is 9.10. The highest BCUT2D eigenvalue weighted by Gasteiger charge is 2.21. The van der Waals surface area contributed by atoms with Crippen LogP contribution in [0, 0.1) is 5.92 Å². The Hall–Kier alpha value is -0.340. The summed E-state index contributed by atoms with van der Waals surface area (Å²) in [7, 11) is 0. The van der Waals surface area contributed by atoms with E-state index >= 15 is 0 Å². The lowest BCUT2D eigenvalue weighted by molar-refractivity contribution is 0.447. The van der Waals surface area contributed by atoms with Crippen molar-refractivity contribution in [2.24, 2.45) is 11.7 Å². The molecule has 1 nitrogen and oxygen atoms in total. The number of hydrogen-bond acceptors (Lipinski definition) is 1. The fourth-order valence-corrected chi connectivity index (χ4v) is 3.41. The normalized spacial score (nSPS) is 18.9. The topological polar surface area (TPSA) is 26.0 Å². The van der Waals surface area contributed by atoms with Crippen LogP contribution in [0.5, 0.6) is 0 Å². The molecule has 1 unspecified atom stereocenters. The van der Waals surface area contributed by atoms with Gasteiger partial charge in [0.2, 0.25) is 0 Å². The molecule has 0 saturated heterocycles. The van der Waals surface area contributed by atoms with Gasteiger partial charge in [-0.2, -0.15) is 0 Å². The van der Waals surface area contributed by atoms with E-state index in [4.69, 9.17) is 5.73 Å². The Morgan fingerprint density at radius 1 is 1.25 bits per heavy atom. The molecule has 0 bridgehead atoms. The van der Waals surface area contributed by atoms with Gasteiger partial charge in [0.05, 0.1) is 0 Å². The molecule has 0 aliphatic heterocycles. The second-order valence-corrected chi connectivity index (χ2v) is 5.69. The SMILES string of the molecule is NCC(CC1CCCC1)c1ccccc1Br. The Bertz CT molecular complexity index is 331.